The normalized spacial score (nSPS) is 27.9. The minimum absolute atomic E-state index is 0.586. The van der Waals surface area contributed by atoms with E-state index >= 15 is 0 Å². The van der Waals surface area contributed by atoms with E-state index in [0.29, 0.717) is 5.56 Å². The number of rotatable bonds is 3. The number of hydrogen-bond donors (Lipinski definition) is 2. The Bertz CT molecular complexity index is 407. The molecule has 6 nitrogen and oxygen atoms in total. The monoisotopic (exact) mass is 238 g/mol. The highest BCUT2D eigenvalue weighted by Gasteiger charge is 2.45. The molecule has 17 heavy (non-hydrogen) atoms. The van der Waals surface area contributed by atoms with Crippen molar-refractivity contribution < 1.29 is 29.3 Å². The van der Waals surface area contributed by atoms with Crippen LogP contribution in [0.4, 0.5) is 0 Å². The summed E-state index contributed by atoms with van der Waals surface area (Å²) in [5.74, 6) is -2.70. The Balaban J connectivity index is 2.20. The summed E-state index contributed by atoms with van der Waals surface area (Å²) in [5, 5.41) is 17.7. The molecule has 2 atom stereocenters. The van der Waals surface area contributed by atoms with E-state index in [0.717, 1.165) is 0 Å². The maximum Gasteiger partial charge on any atom is 0.336 e. The molecule has 1 aliphatic rings. The lowest BCUT2D eigenvalue weighted by molar-refractivity contribution is -0.156. The zero-order chi connectivity index (χ0) is 12.4. The Morgan fingerprint density at radius 2 is 1.41 bits per heavy atom. The molecule has 1 aromatic rings. The van der Waals surface area contributed by atoms with Crippen LogP contribution in [0.3, 0.4) is 0 Å². The van der Waals surface area contributed by atoms with Crippen molar-refractivity contribution in [2.75, 3.05) is 0 Å². The second-order valence-corrected chi connectivity index (χ2v) is 3.53. The van der Waals surface area contributed by atoms with Gasteiger partial charge in [0.1, 0.15) is 0 Å². The van der Waals surface area contributed by atoms with Gasteiger partial charge in [-0.15, -0.1) is 0 Å². The van der Waals surface area contributed by atoms with Crippen LogP contribution in [-0.4, -0.2) is 34.4 Å². The van der Waals surface area contributed by atoms with Crippen LogP contribution >= 0.6 is 0 Å². The third-order valence-corrected chi connectivity index (χ3v) is 2.37. The molecule has 1 aromatic carbocycles. The predicted octanol–water partition coefficient (Wildman–Crippen LogP) is 0.638. The Hall–Kier alpha value is -1.92. The number of aliphatic carboxylic acids is 2. The van der Waals surface area contributed by atoms with Crippen LogP contribution in [0.2, 0.25) is 0 Å². The first-order chi connectivity index (χ1) is 8.09. The Labute approximate surface area is 96.4 Å². The second-order valence-electron chi connectivity index (χ2n) is 3.53. The van der Waals surface area contributed by atoms with Gasteiger partial charge < -0.3 is 19.7 Å². The molecule has 2 unspecified atom stereocenters. The summed E-state index contributed by atoms with van der Waals surface area (Å²) >= 11 is 0. The molecule has 90 valence electrons. The van der Waals surface area contributed by atoms with Gasteiger partial charge in [-0.2, -0.15) is 0 Å². The number of hydrogen-bond acceptors (Lipinski definition) is 4. The average molecular weight is 238 g/mol. The third kappa shape index (κ3) is 2.27. The lowest BCUT2D eigenvalue weighted by Gasteiger charge is -2.08. The highest BCUT2D eigenvalue weighted by molar-refractivity contribution is 5.84. The molecule has 0 aromatic heterocycles. The molecule has 0 spiro atoms. The van der Waals surface area contributed by atoms with Crippen LogP contribution < -0.4 is 0 Å². The van der Waals surface area contributed by atoms with Crippen LogP contribution in [-0.2, 0) is 19.1 Å². The SMILES string of the molecule is O=C(O)C1OC(c2ccccc2)OC1C(=O)O. The van der Waals surface area contributed by atoms with Gasteiger partial charge in [-0.1, -0.05) is 30.3 Å². The second kappa shape index (κ2) is 4.52. The molecule has 1 fully saturated rings. The minimum Gasteiger partial charge on any atom is -0.479 e. The van der Waals surface area contributed by atoms with E-state index < -0.39 is 30.4 Å². The van der Waals surface area contributed by atoms with Crippen LogP contribution in [0, 0.1) is 0 Å². The number of carboxylic acids is 2. The van der Waals surface area contributed by atoms with Gasteiger partial charge in [-0.3, -0.25) is 0 Å². The van der Waals surface area contributed by atoms with E-state index in [2.05, 4.69) is 0 Å². The molecule has 2 N–H and O–H groups in total. The largest absolute Gasteiger partial charge is 0.479 e. The van der Waals surface area contributed by atoms with E-state index in [9.17, 15) is 9.59 Å². The summed E-state index contributed by atoms with van der Waals surface area (Å²) in [6, 6.07) is 8.58. The predicted molar refractivity (Wildman–Crippen MR) is 54.2 cm³/mol. The van der Waals surface area contributed by atoms with Crippen LogP contribution in [0.1, 0.15) is 11.9 Å². The lowest BCUT2D eigenvalue weighted by atomic mass is 10.2. The molecule has 0 bridgehead atoms. The summed E-state index contributed by atoms with van der Waals surface area (Å²) in [7, 11) is 0. The van der Waals surface area contributed by atoms with Crippen molar-refractivity contribution in [3.8, 4) is 0 Å². The average Bonchev–Trinajstić information content (AvgIpc) is 2.75. The van der Waals surface area contributed by atoms with Crippen LogP contribution in [0.5, 0.6) is 0 Å². The van der Waals surface area contributed by atoms with E-state index in [1.165, 1.54) is 0 Å². The fourth-order valence-corrected chi connectivity index (χ4v) is 1.58. The quantitative estimate of drug-likeness (QED) is 0.802. The molecule has 2 rings (SSSR count). The van der Waals surface area contributed by atoms with Crippen molar-refractivity contribution in [2.45, 2.75) is 18.5 Å². The third-order valence-electron chi connectivity index (χ3n) is 2.37. The number of carbonyl (C=O) groups is 2. The van der Waals surface area contributed by atoms with E-state index in [1.54, 1.807) is 30.3 Å². The lowest BCUT2D eigenvalue weighted by Crippen LogP contribution is -2.36. The van der Waals surface area contributed by atoms with E-state index in [4.69, 9.17) is 19.7 Å². The van der Waals surface area contributed by atoms with Crippen molar-refractivity contribution in [3.63, 3.8) is 0 Å². The minimum atomic E-state index is -1.49. The van der Waals surface area contributed by atoms with Crippen molar-refractivity contribution in [2.24, 2.45) is 0 Å². The molecule has 0 amide bonds. The van der Waals surface area contributed by atoms with Gasteiger partial charge in [0.2, 0.25) is 0 Å². The zero-order valence-electron chi connectivity index (χ0n) is 8.65. The smallest absolute Gasteiger partial charge is 0.336 e. The first-order valence-electron chi connectivity index (χ1n) is 4.91. The zero-order valence-corrected chi connectivity index (χ0v) is 8.65. The number of ether oxygens (including phenoxy) is 2. The summed E-state index contributed by atoms with van der Waals surface area (Å²) < 4.78 is 10.2. The fraction of sp³-hybridized carbons (Fsp3) is 0.273. The number of carboxylic acid groups (broad SMARTS) is 2. The Kier molecular flexibility index (Phi) is 3.08. The van der Waals surface area contributed by atoms with Crippen LogP contribution in [0.15, 0.2) is 30.3 Å². The molecular weight excluding hydrogens is 228 g/mol. The molecule has 0 aliphatic carbocycles. The van der Waals surface area contributed by atoms with Gasteiger partial charge >= 0.3 is 11.9 Å². The topological polar surface area (TPSA) is 93.1 Å². The van der Waals surface area contributed by atoms with Crippen molar-refractivity contribution in [3.05, 3.63) is 35.9 Å². The highest BCUT2D eigenvalue weighted by Crippen LogP contribution is 2.31. The first-order valence-corrected chi connectivity index (χ1v) is 4.91. The van der Waals surface area contributed by atoms with Gasteiger partial charge in [-0.25, -0.2) is 9.59 Å². The first kappa shape index (κ1) is 11.6. The molecule has 0 saturated carbocycles. The molecule has 6 heteroatoms. The molecule has 0 radical (unpaired) electrons. The Morgan fingerprint density at radius 3 is 1.82 bits per heavy atom. The van der Waals surface area contributed by atoms with Crippen molar-refractivity contribution in [1.29, 1.82) is 0 Å². The van der Waals surface area contributed by atoms with Gasteiger partial charge in [-0.05, 0) is 0 Å². The number of benzene rings is 1. The van der Waals surface area contributed by atoms with Crippen LogP contribution in [0.25, 0.3) is 0 Å². The van der Waals surface area contributed by atoms with E-state index in [1.807, 2.05) is 0 Å². The maximum atomic E-state index is 10.8. The maximum absolute atomic E-state index is 10.8. The highest BCUT2D eigenvalue weighted by atomic mass is 16.7. The van der Waals surface area contributed by atoms with Gasteiger partial charge in [0.05, 0.1) is 0 Å². The molecular formula is C11H10O6. The van der Waals surface area contributed by atoms with Gasteiger partial charge in [0.15, 0.2) is 18.5 Å². The molecule has 1 saturated heterocycles. The van der Waals surface area contributed by atoms with Crippen molar-refractivity contribution in [1.82, 2.24) is 0 Å². The van der Waals surface area contributed by atoms with Gasteiger partial charge in [0.25, 0.3) is 0 Å². The summed E-state index contributed by atoms with van der Waals surface area (Å²) in [4.78, 5) is 21.6. The summed E-state index contributed by atoms with van der Waals surface area (Å²) in [5.41, 5.74) is 0.586. The standard InChI is InChI=1S/C11H10O6/c12-9(13)7-8(10(14)15)17-11(16-7)6-4-2-1-3-5-6/h1-5,7-8,11H,(H,12,13)(H,14,15). The molecule has 1 aliphatic heterocycles. The Morgan fingerprint density at radius 1 is 0.941 bits per heavy atom. The summed E-state index contributed by atoms with van der Waals surface area (Å²) in [6.45, 7) is 0. The molecule has 1 heterocycles. The summed E-state index contributed by atoms with van der Waals surface area (Å²) in [6.07, 6.45) is -3.94. The van der Waals surface area contributed by atoms with Gasteiger partial charge in [0, 0.05) is 5.56 Å². The van der Waals surface area contributed by atoms with E-state index in [-0.39, 0.29) is 0 Å². The van der Waals surface area contributed by atoms with Crippen molar-refractivity contribution >= 4 is 11.9 Å². The fourth-order valence-electron chi connectivity index (χ4n) is 1.58.